The van der Waals surface area contributed by atoms with Crippen LogP contribution in [0, 0.1) is 11.8 Å². The molecule has 1 atom stereocenters. The average Bonchev–Trinajstić information content (AvgIpc) is 2.90. The van der Waals surface area contributed by atoms with E-state index in [9.17, 15) is 10.2 Å². The van der Waals surface area contributed by atoms with Crippen molar-refractivity contribution in [3.63, 3.8) is 0 Å². The summed E-state index contributed by atoms with van der Waals surface area (Å²) in [5.41, 5.74) is -1.82. The molecule has 0 aliphatic carbocycles. The highest BCUT2D eigenvalue weighted by atomic mass is 32.1. The maximum atomic E-state index is 10.9. The molecule has 0 bridgehead atoms. The Kier molecular flexibility index (Phi) is 3.77. The minimum atomic E-state index is -1.38. The molecular formula is C16H16O2S. The molecule has 0 amide bonds. The second-order valence-corrected chi connectivity index (χ2v) is 5.81. The molecule has 1 heterocycles. The zero-order valence-corrected chi connectivity index (χ0v) is 11.7. The fraction of sp³-hybridized carbons (Fsp3) is 0.250. The minimum Gasteiger partial charge on any atom is -0.378 e. The zero-order chi connectivity index (χ0) is 13.9. The van der Waals surface area contributed by atoms with Crippen molar-refractivity contribution in [3.8, 4) is 11.8 Å². The van der Waals surface area contributed by atoms with E-state index in [1.807, 2.05) is 47.8 Å². The number of benzene rings is 1. The fourth-order valence-corrected chi connectivity index (χ4v) is 2.48. The van der Waals surface area contributed by atoms with Crippen LogP contribution in [-0.2, 0) is 5.60 Å². The van der Waals surface area contributed by atoms with Crippen LogP contribution in [0.4, 0.5) is 0 Å². The van der Waals surface area contributed by atoms with E-state index in [4.69, 9.17) is 0 Å². The van der Waals surface area contributed by atoms with Gasteiger partial charge in [0.25, 0.3) is 0 Å². The highest BCUT2D eigenvalue weighted by Gasteiger charge is 2.30. The van der Waals surface area contributed by atoms with Gasteiger partial charge in [-0.2, -0.15) is 0 Å². The molecule has 2 rings (SSSR count). The predicted molar refractivity (Wildman–Crippen MR) is 77.8 cm³/mol. The SMILES string of the molecule is CC(C)(O)C#C[C@](O)(c1ccccc1)c1cccs1. The van der Waals surface area contributed by atoms with E-state index in [0.717, 1.165) is 4.88 Å². The van der Waals surface area contributed by atoms with Gasteiger partial charge in [0.15, 0.2) is 5.60 Å². The van der Waals surface area contributed by atoms with E-state index in [1.54, 1.807) is 13.8 Å². The lowest BCUT2D eigenvalue weighted by molar-refractivity contribution is 0.134. The van der Waals surface area contributed by atoms with Gasteiger partial charge in [-0.1, -0.05) is 48.2 Å². The third-order valence-electron chi connectivity index (χ3n) is 2.62. The first-order valence-corrected chi connectivity index (χ1v) is 6.88. The van der Waals surface area contributed by atoms with Crippen molar-refractivity contribution in [3.05, 3.63) is 58.3 Å². The Morgan fingerprint density at radius 3 is 2.16 bits per heavy atom. The van der Waals surface area contributed by atoms with Crippen molar-refractivity contribution in [1.82, 2.24) is 0 Å². The van der Waals surface area contributed by atoms with Gasteiger partial charge in [-0.15, -0.1) is 11.3 Å². The molecule has 0 aliphatic heterocycles. The average molecular weight is 272 g/mol. The zero-order valence-electron chi connectivity index (χ0n) is 10.9. The monoisotopic (exact) mass is 272 g/mol. The van der Waals surface area contributed by atoms with E-state index >= 15 is 0 Å². The summed E-state index contributed by atoms with van der Waals surface area (Å²) in [6, 6.07) is 13.0. The largest absolute Gasteiger partial charge is 0.378 e. The summed E-state index contributed by atoms with van der Waals surface area (Å²) >= 11 is 1.44. The Balaban J connectivity index is 2.54. The molecule has 0 fully saturated rings. The van der Waals surface area contributed by atoms with Crippen molar-refractivity contribution >= 4 is 11.3 Å². The number of hydrogen-bond acceptors (Lipinski definition) is 3. The van der Waals surface area contributed by atoms with Crippen molar-refractivity contribution in [1.29, 1.82) is 0 Å². The molecule has 98 valence electrons. The topological polar surface area (TPSA) is 40.5 Å². The molecule has 1 aromatic heterocycles. The summed E-state index contributed by atoms with van der Waals surface area (Å²) in [4.78, 5) is 0.746. The lowest BCUT2D eigenvalue weighted by atomic mass is 9.92. The molecule has 19 heavy (non-hydrogen) atoms. The van der Waals surface area contributed by atoms with Crippen LogP contribution in [0.15, 0.2) is 47.8 Å². The van der Waals surface area contributed by atoms with E-state index in [2.05, 4.69) is 11.8 Å². The second-order valence-electron chi connectivity index (χ2n) is 4.86. The molecule has 0 unspecified atom stereocenters. The summed E-state index contributed by atoms with van der Waals surface area (Å²) in [5, 5.41) is 22.6. The van der Waals surface area contributed by atoms with Crippen molar-refractivity contribution in [2.24, 2.45) is 0 Å². The molecular weight excluding hydrogens is 256 g/mol. The summed E-state index contributed by atoms with van der Waals surface area (Å²) in [6.45, 7) is 3.19. The lowest BCUT2D eigenvalue weighted by Gasteiger charge is -2.22. The minimum absolute atomic E-state index is 0.703. The molecule has 2 nitrogen and oxygen atoms in total. The maximum Gasteiger partial charge on any atom is 0.186 e. The van der Waals surface area contributed by atoms with E-state index in [-0.39, 0.29) is 0 Å². The molecule has 0 saturated heterocycles. The lowest BCUT2D eigenvalue weighted by Crippen LogP contribution is -2.26. The van der Waals surface area contributed by atoms with Crippen LogP contribution in [0.25, 0.3) is 0 Å². The fourth-order valence-electron chi connectivity index (χ4n) is 1.68. The molecule has 0 spiro atoms. The molecule has 0 saturated carbocycles. The molecule has 2 N–H and O–H groups in total. The van der Waals surface area contributed by atoms with Crippen LogP contribution in [0.1, 0.15) is 24.3 Å². The third-order valence-corrected chi connectivity index (χ3v) is 3.60. The first kappa shape index (κ1) is 13.8. The standard InChI is InChI=1S/C16H16O2S/c1-15(2,17)10-11-16(18,14-9-6-12-19-14)13-7-4-3-5-8-13/h3-9,12,17-18H,1-2H3/t16-/m0/s1. The Labute approximate surface area is 117 Å². The first-order chi connectivity index (χ1) is 8.92. The van der Waals surface area contributed by atoms with Gasteiger partial charge < -0.3 is 10.2 Å². The predicted octanol–water partition coefficient (Wildman–Crippen LogP) is 2.76. The molecule has 0 radical (unpaired) electrons. The van der Waals surface area contributed by atoms with Gasteiger partial charge in [-0.25, -0.2) is 0 Å². The van der Waals surface area contributed by atoms with Crippen molar-refractivity contribution in [2.45, 2.75) is 25.0 Å². The smallest absolute Gasteiger partial charge is 0.186 e. The van der Waals surface area contributed by atoms with Gasteiger partial charge in [0.1, 0.15) is 5.60 Å². The Morgan fingerprint density at radius 1 is 0.947 bits per heavy atom. The van der Waals surface area contributed by atoms with Crippen LogP contribution in [0.3, 0.4) is 0 Å². The number of hydrogen-bond donors (Lipinski definition) is 2. The first-order valence-electron chi connectivity index (χ1n) is 6.00. The summed E-state index contributed by atoms with van der Waals surface area (Å²) in [7, 11) is 0. The molecule has 3 heteroatoms. The van der Waals surface area contributed by atoms with Gasteiger partial charge >= 0.3 is 0 Å². The Morgan fingerprint density at radius 2 is 1.63 bits per heavy atom. The maximum absolute atomic E-state index is 10.9. The van der Waals surface area contributed by atoms with Crippen molar-refractivity contribution < 1.29 is 10.2 Å². The van der Waals surface area contributed by atoms with Crippen molar-refractivity contribution in [2.75, 3.05) is 0 Å². The summed E-state index contributed by atoms with van der Waals surface area (Å²) < 4.78 is 0. The molecule has 1 aromatic carbocycles. The third kappa shape index (κ3) is 3.24. The van der Waals surface area contributed by atoms with Crippen LogP contribution < -0.4 is 0 Å². The van der Waals surface area contributed by atoms with Gasteiger partial charge in [0.05, 0.1) is 4.88 Å². The molecule has 2 aromatic rings. The van der Waals surface area contributed by atoms with Gasteiger partial charge in [0, 0.05) is 5.56 Å². The highest BCUT2D eigenvalue weighted by molar-refractivity contribution is 7.10. The van der Waals surface area contributed by atoms with Gasteiger partial charge in [-0.05, 0) is 25.3 Å². The van der Waals surface area contributed by atoms with E-state index in [0.29, 0.717) is 5.56 Å². The van der Waals surface area contributed by atoms with Gasteiger partial charge in [0.2, 0.25) is 0 Å². The second kappa shape index (κ2) is 5.18. The number of rotatable bonds is 2. The van der Waals surface area contributed by atoms with Crippen LogP contribution in [0.2, 0.25) is 0 Å². The van der Waals surface area contributed by atoms with Crippen LogP contribution in [0.5, 0.6) is 0 Å². The van der Waals surface area contributed by atoms with E-state index in [1.165, 1.54) is 11.3 Å². The van der Waals surface area contributed by atoms with Crippen LogP contribution >= 0.6 is 11.3 Å². The normalized spacial score (nSPS) is 14.3. The number of thiophene rings is 1. The number of aliphatic hydroxyl groups is 2. The Bertz CT molecular complexity index is 585. The van der Waals surface area contributed by atoms with Gasteiger partial charge in [-0.3, -0.25) is 0 Å². The quantitative estimate of drug-likeness (QED) is 0.825. The Hall–Kier alpha value is -1.60. The summed E-state index contributed by atoms with van der Waals surface area (Å²) in [5.74, 6) is 5.53. The molecule has 0 aliphatic rings. The van der Waals surface area contributed by atoms with Crippen LogP contribution in [-0.4, -0.2) is 15.8 Å². The highest BCUT2D eigenvalue weighted by Crippen LogP contribution is 2.32. The summed E-state index contributed by atoms with van der Waals surface area (Å²) in [6.07, 6.45) is 0. The van der Waals surface area contributed by atoms with E-state index < -0.39 is 11.2 Å².